The van der Waals surface area contributed by atoms with Crippen molar-refractivity contribution in [1.82, 2.24) is 10.9 Å². The SMILES string of the molecule is C[NH+](CC(=O)NNC(=O)c1ccccc1)Cc1ccc(Cl)cc1Cl. The van der Waals surface area contributed by atoms with Crippen molar-refractivity contribution in [2.24, 2.45) is 0 Å². The molecule has 0 heterocycles. The second-order valence-electron chi connectivity index (χ2n) is 5.41. The lowest BCUT2D eigenvalue weighted by atomic mass is 10.2. The molecular weight excluding hydrogens is 349 g/mol. The van der Waals surface area contributed by atoms with Gasteiger partial charge in [0, 0.05) is 16.1 Å². The number of benzene rings is 2. The summed E-state index contributed by atoms with van der Waals surface area (Å²) >= 11 is 12.0. The Balaban J connectivity index is 1.80. The molecule has 3 N–H and O–H groups in total. The number of hydrogen-bond acceptors (Lipinski definition) is 2. The van der Waals surface area contributed by atoms with Gasteiger partial charge in [-0.15, -0.1) is 0 Å². The van der Waals surface area contributed by atoms with Crippen LogP contribution in [0.5, 0.6) is 0 Å². The summed E-state index contributed by atoms with van der Waals surface area (Å²) < 4.78 is 0. The van der Waals surface area contributed by atoms with Crippen LogP contribution in [0.15, 0.2) is 48.5 Å². The third-order valence-corrected chi connectivity index (χ3v) is 3.91. The monoisotopic (exact) mass is 366 g/mol. The van der Waals surface area contributed by atoms with Crippen molar-refractivity contribution in [1.29, 1.82) is 0 Å². The summed E-state index contributed by atoms with van der Waals surface area (Å²) in [5.74, 6) is -0.649. The number of likely N-dealkylation sites (N-methyl/N-ethyl adjacent to an activating group) is 1. The van der Waals surface area contributed by atoms with Crippen LogP contribution >= 0.6 is 23.2 Å². The molecule has 2 aromatic carbocycles. The molecule has 2 rings (SSSR count). The van der Waals surface area contributed by atoms with Crippen LogP contribution < -0.4 is 15.8 Å². The van der Waals surface area contributed by atoms with Crippen molar-refractivity contribution >= 4 is 35.0 Å². The van der Waals surface area contributed by atoms with Gasteiger partial charge in [-0.1, -0.05) is 47.5 Å². The predicted molar refractivity (Wildman–Crippen MR) is 94.0 cm³/mol. The Hall–Kier alpha value is -2.08. The molecule has 0 fully saturated rings. The zero-order valence-electron chi connectivity index (χ0n) is 13.1. The lowest BCUT2D eigenvalue weighted by molar-refractivity contribution is -0.885. The molecule has 0 bridgehead atoms. The first kappa shape index (κ1) is 18.3. The van der Waals surface area contributed by atoms with E-state index in [4.69, 9.17) is 23.2 Å². The van der Waals surface area contributed by atoms with Crippen LogP contribution in [-0.2, 0) is 11.3 Å². The summed E-state index contributed by atoms with van der Waals surface area (Å²) in [5.41, 5.74) is 6.18. The topological polar surface area (TPSA) is 62.6 Å². The van der Waals surface area contributed by atoms with E-state index in [0.29, 0.717) is 22.2 Å². The highest BCUT2D eigenvalue weighted by atomic mass is 35.5. The van der Waals surface area contributed by atoms with E-state index in [1.165, 1.54) is 0 Å². The van der Waals surface area contributed by atoms with Crippen LogP contribution in [0, 0.1) is 0 Å². The van der Waals surface area contributed by atoms with E-state index in [-0.39, 0.29) is 18.4 Å². The minimum Gasteiger partial charge on any atom is -0.326 e. The van der Waals surface area contributed by atoms with Crippen LogP contribution in [0.2, 0.25) is 10.0 Å². The molecular formula is C17H18Cl2N3O2+. The summed E-state index contributed by atoms with van der Waals surface area (Å²) in [6.07, 6.45) is 0. The number of rotatable bonds is 5. The minimum atomic E-state index is -0.359. The molecule has 126 valence electrons. The average Bonchev–Trinajstić information content (AvgIpc) is 2.56. The zero-order chi connectivity index (χ0) is 17.5. The van der Waals surface area contributed by atoms with Crippen molar-refractivity contribution in [3.63, 3.8) is 0 Å². The first-order valence-electron chi connectivity index (χ1n) is 7.35. The molecule has 0 aromatic heterocycles. The van der Waals surface area contributed by atoms with Gasteiger partial charge in [0.2, 0.25) is 0 Å². The Labute approximate surface area is 150 Å². The molecule has 0 saturated heterocycles. The summed E-state index contributed by atoms with van der Waals surface area (Å²) in [7, 11) is 1.86. The number of carbonyl (C=O) groups excluding carboxylic acids is 2. The fourth-order valence-electron chi connectivity index (χ4n) is 2.16. The van der Waals surface area contributed by atoms with Gasteiger partial charge in [0.1, 0.15) is 6.54 Å². The number of carbonyl (C=O) groups is 2. The van der Waals surface area contributed by atoms with Crippen LogP contribution in [0.1, 0.15) is 15.9 Å². The van der Waals surface area contributed by atoms with Gasteiger partial charge in [-0.2, -0.15) is 0 Å². The van der Waals surface area contributed by atoms with Crippen LogP contribution in [-0.4, -0.2) is 25.4 Å². The second kappa shape index (κ2) is 8.68. The molecule has 0 radical (unpaired) electrons. The molecule has 2 amide bonds. The molecule has 0 aliphatic rings. The van der Waals surface area contributed by atoms with Gasteiger partial charge < -0.3 is 4.90 Å². The maximum Gasteiger partial charge on any atom is 0.293 e. The number of quaternary nitrogens is 1. The Bertz CT molecular complexity index is 723. The highest BCUT2D eigenvalue weighted by Crippen LogP contribution is 2.20. The Kier molecular flexibility index (Phi) is 6.61. The van der Waals surface area contributed by atoms with Crippen LogP contribution in [0.3, 0.4) is 0 Å². The van der Waals surface area contributed by atoms with E-state index in [2.05, 4.69) is 10.9 Å². The average molecular weight is 367 g/mol. The van der Waals surface area contributed by atoms with Crippen LogP contribution in [0.25, 0.3) is 0 Å². The zero-order valence-corrected chi connectivity index (χ0v) is 14.6. The molecule has 24 heavy (non-hydrogen) atoms. The molecule has 0 saturated carbocycles. The molecule has 2 aromatic rings. The van der Waals surface area contributed by atoms with E-state index in [9.17, 15) is 9.59 Å². The number of hydrazine groups is 1. The van der Waals surface area contributed by atoms with E-state index in [1.54, 1.807) is 36.4 Å². The van der Waals surface area contributed by atoms with Gasteiger partial charge in [0.25, 0.3) is 11.8 Å². The van der Waals surface area contributed by atoms with Gasteiger partial charge in [-0.3, -0.25) is 20.4 Å². The van der Waals surface area contributed by atoms with E-state index in [1.807, 2.05) is 19.2 Å². The van der Waals surface area contributed by atoms with E-state index < -0.39 is 0 Å². The van der Waals surface area contributed by atoms with Crippen LogP contribution in [0.4, 0.5) is 0 Å². The number of hydrogen-bond donors (Lipinski definition) is 3. The highest BCUT2D eigenvalue weighted by molar-refractivity contribution is 6.35. The van der Waals surface area contributed by atoms with E-state index in [0.717, 1.165) is 10.5 Å². The molecule has 0 aliphatic heterocycles. The number of halogens is 2. The first-order valence-corrected chi connectivity index (χ1v) is 8.11. The fraction of sp³-hybridized carbons (Fsp3) is 0.176. The molecule has 1 atom stereocenters. The van der Waals surface area contributed by atoms with Gasteiger partial charge in [-0.05, 0) is 24.3 Å². The van der Waals surface area contributed by atoms with Crippen molar-refractivity contribution in [2.75, 3.05) is 13.6 Å². The molecule has 7 heteroatoms. The minimum absolute atomic E-state index is 0.189. The highest BCUT2D eigenvalue weighted by Gasteiger charge is 2.13. The van der Waals surface area contributed by atoms with Crippen molar-refractivity contribution in [3.8, 4) is 0 Å². The van der Waals surface area contributed by atoms with Gasteiger partial charge in [-0.25, -0.2) is 0 Å². The van der Waals surface area contributed by atoms with Crippen molar-refractivity contribution in [2.45, 2.75) is 6.54 Å². The van der Waals surface area contributed by atoms with Crippen molar-refractivity contribution < 1.29 is 14.5 Å². The summed E-state index contributed by atoms with van der Waals surface area (Å²) in [4.78, 5) is 24.7. The van der Waals surface area contributed by atoms with Gasteiger partial charge >= 0.3 is 0 Å². The fourth-order valence-corrected chi connectivity index (χ4v) is 2.63. The molecule has 0 aliphatic carbocycles. The Morgan fingerprint density at radius 2 is 1.75 bits per heavy atom. The smallest absolute Gasteiger partial charge is 0.293 e. The van der Waals surface area contributed by atoms with Crippen molar-refractivity contribution in [3.05, 3.63) is 69.7 Å². The summed E-state index contributed by atoms with van der Waals surface area (Å²) in [6.45, 7) is 0.754. The molecule has 1 unspecified atom stereocenters. The van der Waals surface area contributed by atoms with E-state index >= 15 is 0 Å². The standard InChI is InChI=1S/C17H17Cl2N3O2/c1-22(10-13-7-8-14(18)9-15(13)19)11-16(23)20-21-17(24)12-5-3-2-4-6-12/h2-9H,10-11H2,1H3,(H,20,23)(H,21,24)/p+1. The Morgan fingerprint density at radius 1 is 1.04 bits per heavy atom. The van der Waals surface area contributed by atoms with Gasteiger partial charge in [0.15, 0.2) is 6.54 Å². The normalized spacial score (nSPS) is 11.6. The molecule has 0 spiro atoms. The van der Waals surface area contributed by atoms with Gasteiger partial charge in [0.05, 0.1) is 12.1 Å². The number of amides is 2. The predicted octanol–water partition coefficient (Wildman–Crippen LogP) is 1.47. The first-order chi connectivity index (χ1) is 11.5. The maximum atomic E-state index is 11.9. The number of nitrogens with one attached hydrogen (secondary N) is 3. The summed E-state index contributed by atoms with van der Waals surface area (Å²) in [5, 5.41) is 1.14. The summed E-state index contributed by atoms with van der Waals surface area (Å²) in [6, 6.07) is 13.9. The lowest BCUT2D eigenvalue weighted by Gasteiger charge is -2.15. The lowest BCUT2D eigenvalue weighted by Crippen LogP contribution is -3.09. The maximum absolute atomic E-state index is 11.9. The third kappa shape index (κ3) is 5.53. The third-order valence-electron chi connectivity index (χ3n) is 3.32. The Morgan fingerprint density at radius 3 is 2.42 bits per heavy atom. The quantitative estimate of drug-likeness (QED) is 0.701. The second-order valence-corrected chi connectivity index (χ2v) is 6.26. The largest absolute Gasteiger partial charge is 0.326 e. The molecule has 5 nitrogen and oxygen atoms in total.